The highest BCUT2D eigenvalue weighted by Gasteiger charge is 2.64. The first-order chi connectivity index (χ1) is 17.1. The van der Waals surface area contributed by atoms with Crippen LogP contribution in [0.1, 0.15) is 73.8 Å². The van der Waals surface area contributed by atoms with E-state index in [1.165, 1.54) is 22.5 Å². The lowest BCUT2D eigenvalue weighted by atomic mass is 9.52. The second-order valence-electron chi connectivity index (χ2n) is 11.1. The van der Waals surface area contributed by atoms with Gasteiger partial charge in [-0.05, 0) is 118 Å². The van der Waals surface area contributed by atoms with E-state index in [0.717, 1.165) is 35.0 Å². The molecule has 3 aliphatic carbocycles. The van der Waals surface area contributed by atoms with Crippen molar-refractivity contribution in [2.75, 3.05) is 5.32 Å². The number of aliphatic hydroxyl groups is 1. The Labute approximate surface area is 232 Å². The number of aromatic hydroxyl groups is 1. The summed E-state index contributed by atoms with van der Waals surface area (Å²) in [6, 6.07) is 4.33. The molecule has 2 aromatic rings. The van der Waals surface area contributed by atoms with E-state index in [2.05, 4.69) is 61.2 Å². The number of nitrogens with one attached hydrogen (secondary N) is 1. The highest BCUT2D eigenvalue weighted by Crippen LogP contribution is 2.68. The van der Waals surface area contributed by atoms with E-state index in [0.29, 0.717) is 40.7 Å². The zero-order valence-corrected chi connectivity index (χ0v) is 24.5. The fourth-order valence-electron chi connectivity index (χ4n) is 7.69. The highest BCUT2D eigenvalue weighted by molar-refractivity contribution is 9.11. The number of phenols is 1. The molecule has 1 heterocycles. The average molecular weight is 637 g/mol. The topological polar surface area (TPSA) is 106 Å². The number of hydrogen-bond donors (Lipinski definition) is 3. The van der Waals surface area contributed by atoms with Gasteiger partial charge in [0, 0.05) is 22.9 Å². The Morgan fingerprint density at radius 2 is 2.17 bits per heavy atom. The molecule has 2 saturated carbocycles. The fourth-order valence-corrected chi connectivity index (χ4v) is 9.72. The number of aryl methyl sites for hydroxylation is 1. The van der Waals surface area contributed by atoms with Crippen LogP contribution in [0.2, 0.25) is 0 Å². The Hall–Kier alpha value is -1.47. The highest BCUT2D eigenvalue weighted by atomic mass is 79.9. The van der Waals surface area contributed by atoms with Gasteiger partial charge >= 0.3 is 0 Å². The molecule has 6 atom stereocenters. The van der Waals surface area contributed by atoms with Crippen molar-refractivity contribution in [3.05, 3.63) is 37.2 Å². The number of fused-ring (bicyclic) bond motifs is 5. The predicted molar refractivity (Wildman–Crippen MR) is 147 cm³/mol. The normalized spacial score (nSPS) is 32.8. The lowest BCUT2D eigenvalue weighted by Crippen LogP contribution is -2.51. The fraction of sp³-hybridized carbons (Fsp3) is 0.593. The quantitative estimate of drug-likeness (QED) is 0.334. The van der Waals surface area contributed by atoms with Gasteiger partial charge in [0.15, 0.2) is 5.13 Å². The molecule has 6 nitrogen and oxygen atoms in total. The van der Waals surface area contributed by atoms with Crippen molar-refractivity contribution >= 4 is 54.2 Å². The van der Waals surface area contributed by atoms with Gasteiger partial charge in [-0.1, -0.05) is 6.92 Å². The Kier molecular flexibility index (Phi) is 7.03. The molecule has 0 saturated heterocycles. The second kappa shape index (κ2) is 9.68. The van der Waals surface area contributed by atoms with Gasteiger partial charge in [-0.25, -0.2) is 4.98 Å². The summed E-state index contributed by atoms with van der Waals surface area (Å²) in [6.07, 6.45) is 7.11. The van der Waals surface area contributed by atoms with E-state index in [9.17, 15) is 20.3 Å². The van der Waals surface area contributed by atoms with Crippen molar-refractivity contribution in [1.82, 2.24) is 4.98 Å². The number of phenolic OH excluding ortho intramolecular Hbond substituents is 1. The molecule has 5 rings (SSSR count). The zero-order valence-electron chi connectivity index (χ0n) is 20.5. The van der Waals surface area contributed by atoms with Crippen LogP contribution >= 0.6 is 43.2 Å². The molecule has 1 aromatic carbocycles. The van der Waals surface area contributed by atoms with Gasteiger partial charge in [0.05, 0.1) is 27.0 Å². The van der Waals surface area contributed by atoms with E-state index >= 15 is 0 Å². The van der Waals surface area contributed by atoms with Crippen LogP contribution in [0.5, 0.6) is 5.75 Å². The smallest absolute Gasteiger partial charge is 0.226 e. The molecular formula is C27H31Br2N3O3S. The molecule has 192 valence electrons. The average Bonchev–Trinajstić information content (AvgIpc) is 3.33. The monoisotopic (exact) mass is 635 g/mol. The molecule has 0 radical (unpaired) electrons. The third kappa shape index (κ3) is 4.22. The van der Waals surface area contributed by atoms with Crippen LogP contribution in [0.15, 0.2) is 21.2 Å². The molecule has 2 fully saturated rings. The maximum absolute atomic E-state index is 12.8. The number of aromatic nitrogens is 1. The van der Waals surface area contributed by atoms with Crippen molar-refractivity contribution in [2.24, 2.45) is 23.2 Å². The van der Waals surface area contributed by atoms with Gasteiger partial charge in [0.1, 0.15) is 5.75 Å². The maximum Gasteiger partial charge on any atom is 0.226 e. The number of anilines is 1. The van der Waals surface area contributed by atoms with Crippen molar-refractivity contribution in [3.63, 3.8) is 0 Å². The number of amides is 1. The summed E-state index contributed by atoms with van der Waals surface area (Å²) in [7, 11) is 0. The molecule has 3 N–H and O–H groups in total. The van der Waals surface area contributed by atoms with E-state index in [-0.39, 0.29) is 35.3 Å². The van der Waals surface area contributed by atoms with Crippen LogP contribution in [0.3, 0.4) is 0 Å². The molecule has 1 aromatic heterocycles. The number of nitriles is 1. The van der Waals surface area contributed by atoms with Gasteiger partial charge in [-0.15, -0.1) is 11.3 Å². The summed E-state index contributed by atoms with van der Waals surface area (Å²) < 4.78 is 1.47. The minimum atomic E-state index is -1.04. The third-order valence-electron chi connectivity index (χ3n) is 9.30. The molecule has 36 heavy (non-hydrogen) atoms. The summed E-state index contributed by atoms with van der Waals surface area (Å²) >= 11 is 8.60. The maximum atomic E-state index is 12.8. The zero-order chi connectivity index (χ0) is 25.8. The summed E-state index contributed by atoms with van der Waals surface area (Å²) in [5, 5.41) is 35.4. The minimum Gasteiger partial charge on any atom is -0.506 e. The first-order valence-corrected chi connectivity index (χ1v) is 15.0. The number of hydrogen-bond acceptors (Lipinski definition) is 6. The van der Waals surface area contributed by atoms with E-state index in [1.807, 2.05) is 6.92 Å². The SMILES string of the molecule is Cc1cnc(NC(=O)CC[C@@H]2C[C@@](O)(CC#N)[C@@]3(C)CCC4c5cc(Br)c(O)c(Br)c5CCC4C23)s1. The largest absolute Gasteiger partial charge is 0.506 e. The van der Waals surface area contributed by atoms with Crippen molar-refractivity contribution in [3.8, 4) is 11.8 Å². The minimum absolute atomic E-state index is 0.0496. The molecule has 0 bridgehead atoms. The van der Waals surface area contributed by atoms with Crippen LogP contribution in [-0.2, 0) is 11.2 Å². The Bertz CT molecular complexity index is 1240. The summed E-state index contributed by atoms with van der Waals surface area (Å²) in [5.41, 5.74) is 1.05. The van der Waals surface area contributed by atoms with Gasteiger partial charge < -0.3 is 15.5 Å². The van der Waals surface area contributed by atoms with Crippen molar-refractivity contribution in [2.45, 2.75) is 76.7 Å². The molecule has 3 unspecified atom stereocenters. The van der Waals surface area contributed by atoms with Gasteiger partial charge in [0.2, 0.25) is 5.91 Å². The predicted octanol–water partition coefficient (Wildman–Crippen LogP) is 6.83. The number of rotatable bonds is 5. The lowest BCUT2D eigenvalue weighted by Gasteiger charge is -2.54. The first-order valence-electron chi connectivity index (χ1n) is 12.6. The second-order valence-corrected chi connectivity index (χ2v) is 14.0. The van der Waals surface area contributed by atoms with E-state index in [1.54, 1.807) is 6.20 Å². The van der Waals surface area contributed by atoms with Gasteiger partial charge in [-0.3, -0.25) is 4.79 Å². The van der Waals surface area contributed by atoms with Crippen molar-refractivity contribution in [1.29, 1.82) is 5.26 Å². The molecule has 9 heteroatoms. The summed E-state index contributed by atoms with van der Waals surface area (Å²) in [6.45, 7) is 4.14. The standard InChI is InChI=1S/C27H31Br2N3O3S/c1-14-13-31-25(36-14)32-21(33)6-3-15-12-27(35,9-10-30)26(2)8-7-16-17(22(15)26)4-5-18-19(16)11-20(28)24(34)23(18)29/h11,13,15-17,22,34-35H,3-9,12H2,1-2H3,(H,31,32,33)/t15-,16?,17?,22?,26+,27+/m1/s1. The number of nitrogens with zero attached hydrogens (tertiary/aromatic N) is 2. The molecule has 0 aliphatic heterocycles. The van der Waals surface area contributed by atoms with Crippen LogP contribution in [-0.4, -0.2) is 26.7 Å². The number of carbonyl (C=O) groups is 1. The van der Waals surface area contributed by atoms with E-state index < -0.39 is 5.60 Å². The van der Waals surface area contributed by atoms with Crippen LogP contribution in [0.25, 0.3) is 0 Å². The number of halogens is 2. The molecule has 1 amide bonds. The number of thiazole rings is 1. The lowest BCUT2D eigenvalue weighted by molar-refractivity contribution is -0.116. The van der Waals surface area contributed by atoms with Gasteiger partial charge in [-0.2, -0.15) is 5.26 Å². The van der Waals surface area contributed by atoms with Crippen LogP contribution in [0.4, 0.5) is 5.13 Å². The first kappa shape index (κ1) is 26.1. The molecule has 3 aliphatic rings. The Morgan fingerprint density at radius 3 is 2.86 bits per heavy atom. The molecular weight excluding hydrogens is 606 g/mol. The summed E-state index contributed by atoms with van der Waals surface area (Å²) in [5.74, 6) is 1.28. The molecule has 0 spiro atoms. The number of carbonyl (C=O) groups excluding carboxylic acids is 1. The Balaban J connectivity index is 1.43. The van der Waals surface area contributed by atoms with E-state index in [4.69, 9.17) is 0 Å². The number of benzene rings is 1. The van der Waals surface area contributed by atoms with Crippen molar-refractivity contribution < 1.29 is 15.0 Å². The summed E-state index contributed by atoms with van der Waals surface area (Å²) in [4.78, 5) is 18.1. The third-order valence-corrected chi connectivity index (χ3v) is 11.6. The Morgan fingerprint density at radius 1 is 1.39 bits per heavy atom. The van der Waals surface area contributed by atoms with Crippen LogP contribution in [0, 0.1) is 41.4 Å². The van der Waals surface area contributed by atoms with Crippen LogP contribution < -0.4 is 5.32 Å². The van der Waals surface area contributed by atoms with Gasteiger partial charge in [0.25, 0.3) is 0 Å².